The quantitative estimate of drug-likeness (QED) is 0.654. The lowest BCUT2D eigenvalue weighted by atomic mass is 9.89. The summed E-state index contributed by atoms with van der Waals surface area (Å²) in [5, 5.41) is 20.2. The molecule has 2 rings (SSSR count). The van der Waals surface area contributed by atoms with Gasteiger partial charge in [-0.2, -0.15) is 4.39 Å². The summed E-state index contributed by atoms with van der Waals surface area (Å²) >= 11 is 0. The third-order valence-electron chi connectivity index (χ3n) is 3.35. The van der Waals surface area contributed by atoms with Crippen LogP contribution in [-0.2, 0) is 5.41 Å². The first kappa shape index (κ1) is 11.9. The molecular formula is C11H11F2NO3. The normalized spacial score (nSPS) is 18.8. The van der Waals surface area contributed by atoms with Crippen LogP contribution in [0.15, 0.2) is 12.1 Å². The van der Waals surface area contributed by atoms with E-state index in [1.54, 1.807) is 0 Å². The zero-order chi connectivity index (χ0) is 12.8. The van der Waals surface area contributed by atoms with Gasteiger partial charge in [-0.25, -0.2) is 4.39 Å². The molecule has 1 unspecified atom stereocenters. The molecule has 0 amide bonds. The van der Waals surface area contributed by atoms with Crippen molar-refractivity contribution in [2.75, 3.05) is 0 Å². The van der Waals surface area contributed by atoms with Gasteiger partial charge in [0.05, 0.1) is 11.0 Å². The highest BCUT2D eigenvalue weighted by molar-refractivity contribution is 5.44. The van der Waals surface area contributed by atoms with Crippen LogP contribution in [0.25, 0.3) is 0 Å². The van der Waals surface area contributed by atoms with Gasteiger partial charge in [-0.3, -0.25) is 10.1 Å². The molecule has 0 aliphatic heterocycles. The number of halogens is 2. The second kappa shape index (κ2) is 3.73. The van der Waals surface area contributed by atoms with E-state index < -0.39 is 33.8 Å². The summed E-state index contributed by atoms with van der Waals surface area (Å²) in [7, 11) is 0. The second-order valence-corrected chi connectivity index (χ2v) is 4.34. The number of benzene rings is 1. The first-order chi connectivity index (χ1) is 7.90. The van der Waals surface area contributed by atoms with Gasteiger partial charge in [0.2, 0.25) is 5.82 Å². The van der Waals surface area contributed by atoms with E-state index in [4.69, 9.17) is 0 Å². The molecule has 0 aromatic heterocycles. The molecule has 17 heavy (non-hydrogen) atoms. The molecule has 0 spiro atoms. The molecule has 0 radical (unpaired) electrons. The molecule has 1 aliphatic carbocycles. The second-order valence-electron chi connectivity index (χ2n) is 4.34. The molecule has 1 aliphatic rings. The largest absolute Gasteiger partial charge is 0.392 e. The van der Waals surface area contributed by atoms with Crippen molar-refractivity contribution in [3.8, 4) is 0 Å². The van der Waals surface area contributed by atoms with Crippen molar-refractivity contribution in [1.29, 1.82) is 0 Å². The third kappa shape index (κ3) is 1.68. The van der Waals surface area contributed by atoms with Crippen molar-refractivity contribution >= 4 is 5.69 Å². The topological polar surface area (TPSA) is 63.4 Å². The Morgan fingerprint density at radius 2 is 2.06 bits per heavy atom. The Bertz CT molecular complexity index is 484. The molecule has 0 saturated heterocycles. The van der Waals surface area contributed by atoms with Crippen molar-refractivity contribution in [2.24, 2.45) is 0 Å². The van der Waals surface area contributed by atoms with Gasteiger partial charge < -0.3 is 5.11 Å². The summed E-state index contributed by atoms with van der Waals surface area (Å²) in [6, 6.07) is 1.67. The standard InChI is InChI=1S/C11H11F2NO3/c1-6(15)11(4-5-11)9-7(12)2-3-8(10(9)13)14(16)17/h2-3,6,15H,4-5H2,1H3. The molecular weight excluding hydrogens is 232 g/mol. The lowest BCUT2D eigenvalue weighted by Gasteiger charge is -2.20. The van der Waals surface area contributed by atoms with Crippen LogP contribution in [0, 0.1) is 21.7 Å². The van der Waals surface area contributed by atoms with Gasteiger partial charge in [0.1, 0.15) is 5.82 Å². The summed E-state index contributed by atoms with van der Waals surface area (Å²) < 4.78 is 27.5. The van der Waals surface area contributed by atoms with Crippen molar-refractivity contribution in [2.45, 2.75) is 31.3 Å². The zero-order valence-electron chi connectivity index (χ0n) is 9.11. The molecule has 1 fully saturated rings. The number of hydrogen-bond acceptors (Lipinski definition) is 3. The van der Waals surface area contributed by atoms with Gasteiger partial charge in [0.15, 0.2) is 0 Å². The molecule has 0 heterocycles. The van der Waals surface area contributed by atoms with Crippen LogP contribution < -0.4 is 0 Å². The number of hydrogen-bond donors (Lipinski definition) is 1. The van der Waals surface area contributed by atoms with Crippen molar-refractivity contribution in [3.05, 3.63) is 39.4 Å². The fourth-order valence-electron chi connectivity index (χ4n) is 2.15. The molecule has 1 N–H and O–H groups in total. The van der Waals surface area contributed by atoms with Crippen LogP contribution in [0.5, 0.6) is 0 Å². The van der Waals surface area contributed by atoms with Gasteiger partial charge in [0.25, 0.3) is 0 Å². The predicted molar refractivity (Wildman–Crippen MR) is 55.6 cm³/mol. The zero-order valence-corrected chi connectivity index (χ0v) is 9.11. The first-order valence-corrected chi connectivity index (χ1v) is 5.21. The Morgan fingerprint density at radius 1 is 1.47 bits per heavy atom. The number of nitro benzene ring substituents is 1. The number of aliphatic hydroxyl groups is 1. The molecule has 92 valence electrons. The third-order valence-corrected chi connectivity index (χ3v) is 3.35. The smallest absolute Gasteiger partial charge is 0.305 e. The Labute approximate surface area is 96.0 Å². The van der Waals surface area contributed by atoms with Crippen molar-refractivity contribution in [3.63, 3.8) is 0 Å². The van der Waals surface area contributed by atoms with E-state index >= 15 is 0 Å². The summed E-state index contributed by atoms with van der Waals surface area (Å²) in [4.78, 5) is 9.69. The Balaban J connectivity index is 2.61. The van der Waals surface area contributed by atoms with Gasteiger partial charge in [-0.05, 0) is 25.8 Å². The van der Waals surface area contributed by atoms with E-state index in [1.807, 2.05) is 0 Å². The maximum atomic E-state index is 13.9. The van der Waals surface area contributed by atoms with Gasteiger partial charge >= 0.3 is 5.69 Å². The summed E-state index contributed by atoms with van der Waals surface area (Å²) in [6.07, 6.45) is -0.0761. The maximum Gasteiger partial charge on any atom is 0.305 e. The average Bonchev–Trinajstić information content (AvgIpc) is 2.98. The van der Waals surface area contributed by atoms with Crippen molar-refractivity contribution in [1.82, 2.24) is 0 Å². The van der Waals surface area contributed by atoms with Gasteiger partial charge in [0, 0.05) is 17.0 Å². The highest BCUT2D eigenvalue weighted by Gasteiger charge is 2.52. The molecule has 4 nitrogen and oxygen atoms in total. The highest BCUT2D eigenvalue weighted by atomic mass is 19.1. The summed E-state index contributed by atoms with van der Waals surface area (Å²) in [5.74, 6) is -2.01. The summed E-state index contributed by atoms with van der Waals surface area (Å²) in [6.45, 7) is 1.44. The molecule has 6 heteroatoms. The monoisotopic (exact) mass is 243 g/mol. The van der Waals surface area contributed by atoms with E-state index in [0.717, 1.165) is 12.1 Å². The van der Waals surface area contributed by atoms with Crippen molar-refractivity contribution < 1.29 is 18.8 Å². The fraction of sp³-hybridized carbons (Fsp3) is 0.455. The molecule has 0 bridgehead atoms. The van der Waals surface area contributed by atoms with E-state index in [-0.39, 0.29) is 5.56 Å². The van der Waals surface area contributed by atoms with Gasteiger partial charge in [-0.15, -0.1) is 0 Å². The Hall–Kier alpha value is -1.56. The number of nitro groups is 1. The van der Waals surface area contributed by atoms with E-state index in [1.165, 1.54) is 6.92 Å². The summed E-state index contributed by atoms with van der Waals surface area (Å²) in [5.41, 5.74) is -2.12. The van der Waals surface area contributed by atoms with Crippen LogP contribution in [0.3, 0.4) is 0 Å². The van der Waals surface area contributed by atoms with Gasteiger partial charge in [-0.1, -0.05) is 0 Å². The van der Waals surface area contributed by atoms with Crippen LogP contribution in [-0.4, -0.2) is 16.1 Å². The minimum atomic E-state index is -1.17. The predicted octanol–water partition coefficient (Wildman–Crippen LogP) is 2.29. The fourth-order valence-corrected chi connectivity index (χ4v) is 2.15. The van der Waals surface area contributed by atoms with E-state index in [9.17, 15) is 24.0 Å². The molecule has 1 atom stereocenters. The lowest BCUT2D eigenvalue weighted by molar-refractivity contribution is -0.387. The lowest BCUT2D eigenvalue weighted by Crippen LogP contribution is -2.25. The van der Waals surface area contributed by atoms with Crippen LogP contribution in [0.4, 0.5) is 14.5 Å². The molecule has 1 aromatic carbocycles. The van der Waals surface area contributed by atoms with Crippen LogP contribution in [0.1, 0.15) is 25.3 Å². The van der Waals surface area contributed by atoms with E-state index in [0.29, 0.717) is 12.8 Å². The van der Waals surface area contributed by atoms with Crippen LogP contribution >= 0.6 is 0 Å². The minimum Gasteiger partial charge on any atom is -0.392 e. The number of nitrogens with zero attached hydrogens (tertiary/aromatic N) is 1. The SMILES string of the molecule is CC(O)C1(c2c(F)ccc([N+](=O)[O-])c2F)CC1. The number of rotatable bonds is 3. The van der Waals surface area contributed by atoms with E-state index in [2.05, 4.69) is 0 Å². The Kier molecular flexibility index (Phi) is 2.61. The first-order valence-electron chi connectivity index (χ1n) is 5.21. The average molecular weight is 243 g/mol. The highest BCUT2D eigenvalue weighted by Crippen LogP contribution is 2.53. The molecule has 1 saturated carbocycles. The Morgan fingerprint density at radius 3 is 2.47 bits per heavy atom. The number of aliphatic hydroxyl groups excluding tert-OH is 1. The maximum absolute atomic E-state index is 13.9. The molecule has 1 aromatic rings. The minimum absolute atomic E-state index is 0.360. The van der Waals surface area contributed by atoms with Crippen LogP contribution in [0.2, 0.25) is 0 Å².